The average Bonchev–Trinajstić information content (AvgIpc) is 2.54. The summed E-state index contributed by atoms with van der Waals surface area (Å²) in [6.07, 6.45) is 1.12. The summed E-state index contributed by atoms with van der Waals surface area (Å²) < 4.78 is 22.5. The van der Waals surface area contributed by atoms with E-state index in [2.05, 4.69) is 10.5 Å². The molecule has 0 bridgehead atoms. The molecule has 12 heteroatoms. The van der Waals surface area contributed by atoms with Gasteiger partial charge in [-0.2, -0.15) is 5.10 Å². The normalized spacial score (nSPS) is 11.4. The maximum atomic E-state index is 11.3. The van der Waals surface area contributed by atoms with Crippen LogP contribution in [0.4, 0.5) is 17.1 Å². The molecule has 0 saturated heterocycles. The van der Waals surface area contributed by atoms with Crippen molar-refractivity contribution in [2.75, 3.05) is 5.43 Å². The second-order valence-corrected chi connectivity index (χ2v) is 6.23. The lowest BCUT2D eigenvalue weighted by molar-refractivity contribution is -0.385. The molecule has 25 heavy (non-hydrogen) atoms. The van der Waals surface area contributed by atoms with Gasteiger partial charge in [-0.3, -0.25) is 25.7 Å². The van der Waals surface area contributed by atoms with Crippen molar-refractivity contribution in [1.29, 1.82) is 0 Å². The van der Waals surface area contributed by atoms with Gasteiger partial charge in [-0.25, -0.2) is 13.6 Å². The van der Waals surface area contributed by atoms with Gasteiger partial charge in [0.1, 0.15) is 5.69 Å². The van der Waals surface area contributed by atoms with E-state index in [1.54, 1.807) is 6.07 Å². The summed E-state index contributed by atoms with van der Waals surface area (Å²) in [5.74, 6) is 0. The second-order valence-electron chi connectivity index (χ2n) is 4.67. The first kappa shape index (κ1) is 18.0. The van der Waals surface area contributed by atoms with Gasteiger partial charge in [0.25, 0.3) is 11.4 Å². The van der Waals surface area contributed by atoms with E-state index in [-0.39, 0.29) is 16.9 Å². The minimum absolute atomic E-state index is 0.104. The van der Waals surface area contributed by atoms with Crippen LogP contribution < -0.4 is 10.6 Å². The maximum Gasteiger partial charge on any atom is 0.295 e. The first-order chi connectivity index (χ1) is 11.7. The molecule has 0 aliphatic rings. The van der Waals surface area contributed by atoms with Crippen LogP contribution >= 0.6 is 0 Å². The highest BCUT2D eigenvalue weighted by Crippen LogP contribution is 2.27. The van der Waals surface area contributed by atoms with Crippen molar-refractivity contribution in [3.05, 3.63) is 68.3 Å². The predicted octanol–water partition coefficient (Wildman–Crippen LogP) is 1.60. The predicted molar refractivity (Wildman–Crippen MR) is 88.8 cm³/mol. The third kappa shape index (κ3) is 4.33. The fourth-order valence-electron chi connectivity index (χ4n) is 1.87. The lowest BCUT2D eigenvalue weighted by Crippen LogP contribution is -2.12. The summed E-state index contributed by atoms with van der Waals surface area (Å²) >= 11 is 0. The van der Waals surface area contributed by atoms with E-state index in [4.69, 9.17) is 5.14 Å². The molecule has 130 valence electrons. The molecule has 2 aromatic carbocycles. The minimum Gasteiger partial charge on any atom is -0.272 e. The number of anilines is 1. The first-order valence-corrected chi connectivity index (χ1v) is 8.08. The van der Waals surface area contributed by atoms with E-state index >= 15 is 0 Å². The van der Waals surface area contributed by atoms with E-state index < -0.39 is 30.5 Å². The zero-order valence-corrected chi connectivity index (χ0v) is 13.2. The highest BCUT2D eigenvalue weighted by Gasteiger charge is 2.19. The number of nitro groups is 2. The molecule has 3 N–H and O–H groups in total. The number of nitrogens with one attached hydrogen (secondary N) is 1. The number of primary sulfonamides is 1. The highest BCUT2D eigenvalue weighted by atomic mass is 32.2. The monoisotopic (exact) mass is 365 g/mol. The molecule has 0 atom stereocenters. The number of sulfonamides is 1. The fraction of sp³-hybridized carbons (Fsp3) is 0. The molecule has 0 heterocycles. The van der Waals surface area contributed by atoms with Gasteiger partial charge in [0, 0.05) is 12.1 Å². The number of hydrazone groups is 1. The molecule has 0 aliphatic carbocycles. The second kappa shape index (κ2) is 7.02. The Kier molecular flexibility index (Phi) is 5.05. The van der Waals surface area contributed by atoms with Crippen molar-refractivity contribution < 1.29 is 18.3 Å². The molecule has 0 unspecified atom stereocenters. The number of para-hydroxylation sites is 1. The number of hydrogen-bond acceptors (Lipinski definition) is 8. The zero-order valence-electron chi connectivity index (χ0n) is 12.4. The molecular weight excluding hydrogens is 354 g/mol. The SMILES string of the molecule is NS(=O)(=O)c1ccc(N/N=C/c2ccccc2[N+](=O)[O-])c([N+](=O)[O-])c1. The number of rotatable bonds is 6. The van der Waals surface area contributed by atoms with Crippen molar-refractivity contribution >= 4 is 33.3 Å². The largest absolute Gasteiger partial charge is 0.295 e. The molecule has 0 fully saturated rings. The molecule has 2 rings (SSSR count). The maximum absolute atomic E-state index is 11.3. The Bertz CT molecular complexity index is 973. The Morgan fingerprint density at radius 1 is 1.04 bits per heavy atom. The Hall–Kier alpha value is -3.38. The highest BCUT2D eigenvalue weighted by molar-refractivity contribution is 7.89. The van der Waals surface area contributed by atoms with E-state index in [0.717, 1.165) is 24.4 Å². The van der Waals surface area contributed by atoms with Gasteiger partial charge in [0.05, 0.1) is 26.5 Å². The molecule has 0 aromatic heterocycles. The summed E-state index contributed by atoms with van der Waals surface area (Å²) in [5, 5.41) is 30.6. The minimum atomic E-state index is -4.10. The summed E-state index contributed by atoms with van der Waals surface area (Å²) in [4.78, 5) is 20.1. The summed E-state index contributed by atoms with van der Waals surface area (Å²) in [7, 11) is -4.10. The third-order valence-electron chi connectivity index (χ3n) is 3.02. The van der Waals surface area contributed by atoms with E-state index in [1.165, 1.54) is 18.2 Å². The smallest absolute Gasteiger partial charge is 0.272 e. The molecule has 0 aliphatic heterocycles. The number of nitro benzene ring substituents is 2. The summed E-state index contributed by atoms with van der Waals surface area (Å²) in [5.41, 5.74) is 1.69. The zero-order chi connectivity index (χ0) is 18.6. The molecular formula is C13H11N5O6S. The van der Waals surface area contributed by atoms with Crippen molar-refractivity contribution in [3.8, 4) is 0 Å². The molecule has 2 aromatic rings. The van der Waals surface area contributed by atoms with Crippen LogP contribution in [0.15, 0.2) is 52.5 Å². The summed E-state index contributed by atoms with van der Waals surface area (Å²) in [6.45, 7) is 0. The van der Waals surface area contributed by atoms with Crippen molar-refractivity contribution in [2.24, 2.45) is 10.2 Å². The van der Waals surface area contributed by atoms with Crippen LogP contribution in [0.1, 0.15) is 5.56 Å². The van der Waals surface area contributed by atoms with Gasteiger partial charge in [-0.1, -0.05) is 12.1 Å². The molecule has 0 spiro atoms. The average molecular weight is 365 g/mol. The van der Waals surface area contributed by atoms with Crippen LogP contribution in [0.5, 0.6) is 0 Å². The van der Waals surface area contributed by atoms with Crippen LogP contribution in [0.3, 0.4) is 0 Å². The number of hydrogen-bond donors (Lipinski definition) is 2. The lowest BCUT2D eigenvalue weighted by atomic mass is 10.2. The Morgan fingerprint density at radius 3 is 2.28 bits per heavy atom. The molecule has 0 radical (unpaired) electrons. The number of benzene rings is 2. The van der Waals surface area contributed by atoms with Crippen molar-refractivity contribution in [2.45, 2.75) is 4.90 Å². The Labute approximate surface area is 141 Å². The van der Waals surface area contributed by atoms with E-state index in [9.17, 15) is 28.6 Å². The van der Waals surface area contributed by atoms with Crippen LogP contribution in [0.25, 0.3) is 0 Å². The van der Waals surface area contributed by atoms with Gasteiger partial charge in [0.2, 0.25) is 10.0 Å². The van der Waals surface area contributed by atoms with Crippen LogP contribution in [-0.2, 0) is 10.0 Å². The van der Waals surface area contributed by atoms with Gasteiger partial charge in [-0.15, -0.1) is 0 Å². The van der Waals surface area contributed by atoms with Crippen molar-refractivity contribution in [1.82, 2.24) is 0 Å². The topological polar surface area (TPSA) is 171 Å². The molecule has 11 nitrogen and oxygen atoms in total. The van der Waals surface area contributed by atoms with Crippen molar-refractivity contribution in [3.63, 3.8) is 0 Å². The molecule has 0 amide bonds. The van der Waals surface area contributed by atoms with Gasteiger partial charge >= 0.3 is 0 Å². The van der Waals surface area contributed by atoms with E-state index in [1.807, 2.05) is 0 Å². The number of nitrogens with two attached hydrogens (primary N) is 1. The van der Waals surface area contributed by atoms with Gasteiger partial charge in [0.15, 0.2) is 0 Å². The van der Waals surface area contributed by atoms with E-state index in [0.29, 0.717) is 0 Å². The Balaban J connectivity index is 2.32. The lowest BCUT2D eigenvalue weighted by Gasteiger charge is -2.04. The fourth-order valence-corrected chi connectivity index (χ4v) is 2.40. The third-order valence-corrected chi connectivity index (χ3v) is 3.93. The first-order valence-electron chi connectivity index (χ1n) is 6.54. The van der Waals surface area contributed by atoms with Crippen LogP contribution in [0.2, 0.25) is 0 Å². The Morgan fingerprint density at radius 2 is 1.68 bits per heavy atom. The summed E-state index contributed by atoms with van der Waals surface area (Å²) in [6, 6.07) is 8.77. The van der Waals surface area contributed by atoms with Gasteiger partial charge in [-0.05, 0) is 18.2 Å². The quantitative estimate of drug-likeness (QED) is 0.444. The number of nitrogens with zero attached hydrogens (tertiary/aromatic N) is 3. The van der Waals surface area contributed by atoms with Gasteiger partial charge < -0.3 is 0 Å². The van der Waals surface area contributed by atoms with Crippen LogP contribution in [0, 0.1) is 20.2 Å². The standard InChI is InChI=1S/C13H11N5O6S/c14-25(23,24)10-5-6-11(13(7-10)18(21)22)16-15-8-9-3-1-2-4-12(9)17(19)20/h1-8,16H,(H2,14,23,24)/b15-8+. The van der Waals surface area contributed by atoms with Crippen LogP contribution in [-0.4, -0.2) is 24.5 Å². The molecule has 0 saturated carbocycles.